The van der Waals surface area contributed by atoms with E-state index >= 15 is 0 Å². The number of amides is 2. The number of benzene rings is 2. The highest BCUT2D eigenvalue weighted by Crippen LogP contribution is 2.38. The van der Waals surface area contributed by atoms with E-state index in [1.807, 2.05) is 37.3 Å². The van der Waals surface area contributed by atoms with Crippen LogP contribution in [0.4, 0.5) is 0 Å². The molecule has 28 heavy (non-hydrogen) atoms. The van der Waals surface area contributed by atoms with Crippen molar-refractivity contribution in [2.45, 2.75) is 19.4 Å². The van der Waals surface area contributed by atoms with Crippen molar-refractivity contribution < 1.29 is 14.3 Å². The molecule has 0 unspecified atom stereocenters. The minimum absolute atomic E-state index is 0.135. The number of carbonyl (C=O) groups excluding carboxylic acids is 2. The number of nitrogens with one attached hydrogen (secondary N) is 1. The highest BCUT2D eigenvalue weighted by molar-refractivity contribution is 7.09. The summed E-state index contributed by atoms with van der Waals surface area (Å²) in [6, 6.07) is 13.1. The van der Waals surface area contributed by atoms with Crippen molar-refractivity contribution in [3.05, 3.63) is 69.7 Å². The topological polar surface area (TPSA) is 94.3 Å². The van der Waals surface area contributed by atoms with E-state index in [0.29, 0.717) is 17.8 Å². The van der Waals surface area contributed by atoms with Gasteiger partial charge in [0.25, 0.3) is 5.91 Å². The standard InChI is InChI=1S/C21H19N3O3S/c1-12-24-18(11-28-12)21(26)23-10-16-9-15-3-2-4-17(19(15)27-16)13-5-7-14(8-6-13)20(22)25/h2-8,11,16H,9-10H2,1H3,(H2,22,25)(H,23,26)/t16-/m0/s1. The zero-order chi connectivity index (χ0) is 19.7. The number of primary amides is 1. The fraction of sp³-hybridized carbons (Fsp3) is 0.190. The Morgan fingerprint density at radius 2 is 2.04 bits per heavy atom. The molecule has 1 atom stereocenters. The second kappa shape index (κ2) is 7.44. The Labute approximate surface area is 166 Å². The molecule has 0 bridgehead atoms. The van der Waals surface area contributed by atoms with Crippen LogP contribution in [0.1, 0.15) is 31.4 Å². The van der Waals surface area contributed by atoms with E-state index in [-0.39, 0.29) is 12.0 Å². The van der Waals surface area contributed by atoms with Gasteiger partial charge >= 0.3 is 0 Å². The first kappa shape index (κ1) is 18.2. The maximum absolute atomic E-state index is 12.2. The van der Waals surface area contributed by atoms with Crippen LogP contribution in [0.15, 0.2) is 47.8 Å². The molecule has 3 aromatic rings. The van der Waals surface area contributed by atoms with Crippen LogP contribution in [0.2, 0.25) is 0 Å². The van der Waals surface area contributed by atoms with Gasteiger partial charge in [0.15, 0.2) is 0 Å². The van der Waals surface area contributed by atoms with Gasteiger partial charge in [0.1, 0.15) is 17.5 Å². The van der Waals surface area contributed by atoms with Crippen molar-refractivity contribution in [3.63, 3.8) is 0 Å². The first-order chi connectivity index (χ1) is 13.5. The van der Waals surface area contributed by atoms with E-state index in [1.165, 1.54) is 11.3 Å². The van der Waals surface area contributed by atoms with E-state index in [9.17, 15) is 9.59 Å². The Bertz CT molecular complexity index is 1040. The van der Waals surface area contributed by atoms with Gasteiger partial charge in [-0.25, -0.2) is 4.98 Å². The Balaban J connectivity index is 1.47. The summed E-state index contributed by atoms with van der Waals surface area (Å²) in [6.45, 7) is 2.28. The fourth-order valence-electron chi connectivity index (χ4n) is 3.26. The van der Waals surface area contributed by atoms with Crippen LogP contribution < -0.4 is 15.8 Å². The van der Waals surface area contributed by atoms with Crippen LogP contribution in [0.3, 0.4) is 0 Å². The van der Waals surface area contributed by atoms with Crippen molar-refractivity contribution in [2.24, 2.45) is 5.73 Å². The minimum Gasteiger partial charge on any atom is -0.487 e. The molecule has 0 fully saturated rings. The average molecular weight is 393 g/mol. The first-order valence-electron chi connectivity index (χ1n) is 8.90. The predicted octanol–water partition coefficient (Wildman–Crippen LogP) is 2.95. The summed E-state index contributed by atoms with van der Waals surface area (Å²) in [5.74, 6) is 0.177. The maximum atomic E-state index is 12.2. The molecule has 0 aliphatic carbocycles. The van der Waals surface area contributed by atoms with Crippen LogP contribution >= 0.6 is 11.3 Å². The lowest BCUT2D eigenvalue weighted by Gasteiger charge is -2.13. The Morgan fingerprint density at radius 1 is 1.25 bits per heavy atom. The second-order valence-corrected chi connectivity index (χ2v) is 7.70. The zero-order valence-corrected chi connectivity index (χ0v) is 16.1. The summed E-state index contributed by atoms with van der Waals surface area (Å²) in [4.78, 5) is 27.7. The van der Waals surface area contributed by atoms with Crippen LogP contribution in [0.25, 0.3) is 11.1 Å². The molecular weight excluding hydrogens is 374 g/mol. The van der Waals surface area contributed by atoms with E-state index in [2.05, 4.69) is 10.3 Å². The summed E-state index contributed by atoms with van der Waals surface area (Å²) in [6.07, 6.45) is 0.587. The fourth-order valence-corrected chi connectivity index (χ4v) is 3.85. The molecular formula is C21H19N3O3S. The number of aryl methyl sites for hydroxylation is 1. The van der Waals surface area contributed by atoms with Gasteiger partial charge in [-0.2, -0.15) is 0 Å². The van der Waals surface area contributed by atoms with E-state index < -0.39 is 5.91 Å². The maximum Gasteiger partial charge on any atom is 0.270 e. The monoisotopic (exact) mass is 393 g/mol. The molecule has 1 aliphatic rings. The molecule has 142 valence electrons. The molecule has 1 aromatic heterocycles. The molecule has 2 amide bonds. The molecule has 0 radical (unpaired) electrons. The molecule has 6 nitrogen and oxygen atoms in total. The van der Waals surface area contributed by atoms with Gasteiger partial charge in [0, 0.05) is 22.9 Å². The third-order valence-corrected chi connectivity index (χ3v) is 5.42. The molecule has 2 aromatic carbocycles. The lowest BCUT2D eigenvalue weighted by atomic mass is 9.99. The number of hydrogen-bond acceptors (Lipinski definition) is 5. The summed E-state index contributed by atoms with van der Waals surface area (Å²) in [7, 11) is 0. The number of fused-ring (bicyclic) bond motifs is 1. The first-order valence-corrected chi connectivity index (χ1v) is 9.78. The largest absolute Gasteiger partial charge is 0.487 e. The van der Waals surface area contributed by atoms with Crippen LogP contribution in [0, 0.1) is 6.92 Å². The van der Waals surface area contributed by atoms with E-state index in [4.69, 9.17) is 10.5 Å². The van der Waals surface area contributed by atoms with Crippen molar-refractivity contribution >= 4 is 23.2 Å². The predicted molar refractivity (Wildman–Crippen MR) is 108 cm³/mol. The lowest BCUT2D eigenvalue weighted by Crippen LogP contribution is -2.34. The van der Waals surface area contributed by atoms with Crippen molar-refractivity contribution in [3.8, 4) is 16.9 Å². The third-order valence-electron chi connectivity index (χ3n) is 4.65. The molecule has 2 heterocycles. The zero-order valence-electron chi connectivity index (χ0n) is 15.3. The van der Waals surface area contributed by atoms with Gasteiger partial charge in [-0.3, -0.25) is 9.59 Å². The van der Waals surface area contributed by atoms with Crippen LogP contribution in [-0.4, -0.2) is 29.4 Å². The lowest BCUT2D eigenvalue weighted by molar-refractivity contribution is 0.0928. The Hall–Kier alpha value is -3.19. The molecule has 4 rings (SSSR count). The van der Waals surface area contributed by atoms with E-state index in [1.54, 1.807) is 17.5 Å². The smallest absolute Gasteiger partial charge is 0.270 e. The highest BCUT2D eigenvalue weighted by atomic mass is 32.1. The van der Waals surface area contributed by atoms with E-state index in [0.717, 1.165) is 33.9 Å². The minimum atomic E-state index is -0.452. The van der Waals surface area contributed by atoms with Gasteiger partial charge in [-0.15, -0.1) is 11.3 Å². The van der Waals surface area contributed by atoms with Gasteiger partial charge in [-0.1, -0.05) is 30.3 Å². The summed E-state index contributed by atoms with van der Waals surface area (Å²) >= 11 is 1.45. The average Bonchev–Trinajstić information content (AvgIpc) is 3.31. The quantitative estimate of drug-likeness (QED) is 0.697. The number of thiazole rings is 1. The van der Waals surface area contributed by atoms with Crippen LogP contribution in [-0.2, 0) is 6.42 Å². The molecule has 0 spiro atoms. The van der Waals surface area contributed by atoms with Crippen molar-refractivity contribution in [1.29, 1.82) is 0 Å². The normalized spacial score (nSPS) is 15.0. The number of aromatic nitrogens is 1. The number of hydrogen-bond donors (Lipinski definition) is 2. The Kier molecular flexibility index (Phi) is 4.83. The molecule has 1 aliphatic heterocycles. The molecule has 0 saturated heterocycles. The Morgan fingerprint density at radius 3 is 2.71 bits per heavy atom. The molecule has 0 saturated carbocycles. The number of nitrogens with two attached hydrogens (primary N) is 1. The number of carbonyl (C=O) groups is 2. The number of para-hydroxylation sites is 1. The number of nitrogens with zero attached hydrogens (tertiary/aromatic N) is 1. The van der Waals surface area contributed by atoms with Crippen LogP contribution in [0.5, 0.6) is 5.75 Å². The second-order valence-electron chi connectivity index (χ2n) is 6.64. The molecule has 3 N–H and O–H groups in total. The van der Waals surface area contributed by atoms with Crippen molar-refractivity contribution in [2.75, 3.05) is 6.54 Å². The summed E-state index contributed by atoms with van der Waals surface area (Å²) < 4.78 is 6.14. The number of rotatable bonds is 5. The van der Waals surface area contributed by atoms with Gasteiger partial charge in [0.05, 0.1) is 11.6 Å². The van der Waals surface area contributed by atoms with Gasteiger partial charge in [-0.05, 0) is 30.2 Å². The number of ether oxygens (including phenoxy) is 1. The molecule has 7 heteroatoms. The third kappa shape index (κ3) is 3.61. The van der Waals surface area contributed by atoms with Gasteiger partial charge < -0.3 is 15.8 Å². The summed E-state index contributed by atoms with van der Waals surface area (Å²) in [5, 5.41) is 5.51. The highest BCUT2D eigenvalue weighted by Gasteiger charge is 2.26. The van der Waals surface area contributed by atoms with Crippen molar-refractivity contribution in [1.82, 2.24) is 10.3 Å². The summed E-state index contributed by atoms with van der Waals surface area (Å²) in [5.41, 5.74) is 9.22. The van der Waals surface area contributed by atoms with Gasteiger partial charge in [0.2, 0.25) is 5.91 Å². The SMILES string of the molecule is Cc1nc(C(=O)NC[C@@H]2Cc3cccc(-c4ccc(C(N)=O)cc4)c3O2)cs1.